The number of rotatable bonds is 6. The zero-order valence-electron chi connectivity index (χ0n) is 18.2. The second-order valence-corrected chi connectivity index (χ2v) is 8.17. The molecule has 1 N–H and O–H groups in total. The number of barbiturate groups is 1. The highest BCUT2D eigenvalue weighted by Gasteiger charge is 2.37. The Labute approximate surface area is 209 Å². The van der Waals surface area contributed by atoms with Crippen molar-refractivity contribution in [2.75, 3.05) is 12.0 Å². The van der Waals surface area contributed by atoms with Gasteiger partial charge in [0.15, 0.2) is 11.5 Å². The Morgan fingerprint density at radius 1 is 0.971 bits per heavy atom. The van der Waals surface area contributed by atoms with Gasteiger partial charge in [-0.15, -0.1) is 0 Å². The summed E-state index contributed by atoms with van der Waals surface area (Å²) in [6.07, 6.45) is 1.28. The van der Waals surface area contributed by atoms with Crippen LogP contribution in [0.25, 0.3) is 6.08 Å². The summed E-state index contributed by atoms with van der Waals surface area (Å²) >= 11 is 12.0. The number of anilines is 1. The molecule has 3 aromatic rings. The van der Waals surface area contributed by atoms with Gasteiger partial charge in [-0.05, 0) is 53.6 Å². The lowest BCUT2D eigenvalue weighted by atomic mass is 10.1. The molecule has 1 fully saturated rings. The number of carbonyl (C=O) groups excluding carboxylic acids is 3. The molecule has 0 aromatic heterocycles. The zero-order chi connectivity index (χ0) is 25.1. The largest absolute Gasteiger partial charge is 0.493 e. The zero-order valence-corrected chi connectivity index (χ0v) is 19.7. The summed E-state index contributed by atoms with van der Waals surface area (Å²) in [6, 6.07) is 14.1. The van der Waals surface area contributed by atoms with Crippen LogP contribution in [0.2, 0.25) is 10.0 Å². The predicted molar refractivity (Wildman–Crippen MR) is 129 cm³/mol. The Morgan fingerprint density at radius 3 is 2.46 bits per heavy atom. The number of para-hydroxylation sites is 1. The molecule has 0 bridgehead atoms. The fourth-order valence-electron chi connectivity index (χ4n) is 3.36. The lowest BCUT2D eigenvalue weighted by Crippen LogP contribution is -2.54. The van der Waals surface area contributed by atoms with Crippen molar-refractivity contribution in [1.29, 1.82) is 0 Å². The molecule has 7 nitrogen and oxygen atoms in total. The van der Waals surface area contributed by atoms with E-state index in [0.29, 0.717) is 32.0 Å². The van der Waals surface area contributed by atoms with E-state index in [4.69, 9.17) is 32.7 Å². The summed E-state index contributed by atoms with van der Waals surface area (Å²) in [6.45, 7) is 0.189. The lowest BCUT2D eigenvalue weighted by molar-refractivity contribution is -0.122. The van der Waals surface area contributed by atoms with E-state index in [1.54, 1.807) is 36.4 Å². The van der Waals surface area contributed by atoms with Gasteiger partial charge in [-0.2, -0.15) is 0 Å². The Kier molecular flexibility index (Phi) is 7.04. The number of benzene rings is 3. The van der Waals surface area contributed by atoms with Gasteiger partial charge in [-0.3, -0.25) is 14.9 Å². The molecule has 0 radical (unpaired) electrons. The highest BCUT2D eigenvalue weighted by molar-refractivity contribution is 6.42. The van der Waals surface area contributed by atoms with Crippen LogP contribution in [-0.4, -0.2) is 25.0 Å². The van der Waals surface area contributed by atoms with Crippen molar-refractivity contribution in [2.24, 2.45) is 0 Å². The van der Waals surface area contributed by atoms with Crippen LogP contribution in [0.15, 0.2) is 66.2 Å². The molecule has 1 aliphatic heterocycles. The van der Waals surface area contributed by atoms with Crippen molar-refractivity contribution in [3.63, 3.8) is 0 Å². The van der Waals surface area contributed by atoms with Crippen LogP contribution in [0.4, 0.5) is 14.9 Å². The van der Waals surface area contributed by atoms with Gasteiger partial charge in [0.2, 0.25) is 0 Å². The van der Waals surface area contributed by atoms with Crippen molar-refractivity contribution in [2.45, 2.75) is 6.61 Å². The minimum Gasteiger partial charge on any atom is -0.493 e. The molecule has 0 atom stereocenters. The van der Waals surface area contributed by atoms with Crippen molar-refractivity contribution in [3.8, 4) is 11.5 Å². The normalized spacial score (nSPS) is 14.8. The summed E-state index contributed by atoms with van der Waals surface area (Å²) in [5, 5.41) is 2.89. The van der Waals surface area contributed by atoms with Crippen LogP contribution in [0.3, 0.4) is 0 Å². The Balaban J connectivity index is 1.59. The number of amides is 4. The number of methoxy groups -OCH3 is 1. The molecule has 0 aliphatic carbocycles. The van der Waals surface area contributed by atoms with Gasteiger partial charge in [0.25, 0.3) is 11.8 Å². The summed E-state index contributed by atoms with van der Waals surface area (Å²) in [7, 11) is 1.44. The van der Waals surface area contributed by atoms with Crippen molar-refractivity contribution >= 4 is 52.8 Å². The molecule has 0 unspecified atom stereocenters. The van der Waals surface area contributed by atoms with Gasteiger partial charge in [-0.25, -0.2) is 14.1 Å². The van der Waals surface area contributed by atoms with Gasteiger partial charge in [0.1, 0.15) is 18.0 Å². The maximum atomic E-state index is 14.2. The summed E-state index contributed by atoms with van der Waals surface area (Å²) in [5.74, 6) is -1.89. The maximum absolute atomic E-state index is 14.2. The highest BCUT2D eigenvalue weighted by Crippen LogP contribution is 2.31. The topological polar surface area (TPSA) is 84.9 Å². The van der Waals surface area contributed by atoms with Gasteiger partial charge >= 0.3 is 6.03 Å². The monoisotopic (exact) mass is 514 g/mol. The molecule has 4 rings (SSSR count). The number of hydrogen-bond donors (Lipinski definition) is 1. The van der Waals surface area contributed by atoms with E-state index < -0.39 is 23.7 Å². The number of nitrogens with one attached hydrogen (secondary N) is 1. The van der Waals surface area contributed by atoms with Crippen LogP contribution in [-0.2, 0) is 16.2 Å². The van der Waals surface area contributed by atoms with Crippen LogP contribution in [0.5, 0.6) is 11.5 Å². The second-order valence-electron chi connectivity index (χ2n) is 7.36. The molecule has 178 valence electrons. The Morgan fingerprint density at radius 2 is 1.74 bits per heavy atom. The third-order valence-electron chi connectivity index (χ3n) is 5.07. The quantitative estimate of drug-likeness (QED) is 0.352. The number of halogens is 3. The minimum atomic E-state index is -1.04. The molecule has 10 heteroatoms. The molecular weight excluding hydrogens is 498 g/mol. The van der Waals surface area contributed by atoms with E-state index in [0.717, 1.165) is 11.6 Å². The van der Waals surface area contributed by atoms with E-state index in [9.17, 15) is 18.8 Å². The smallest absolute Gasteiger partial charge is 0.336 e. The maximum Gasteiger partial charge on any atom is 0.336 e. The van der Waals surface area contributed by atoms with Crippen molar-refractivity contribution in [3.05, 3.63) is 93.2 Å². The molecule has 4 amide bonds. The first-order chi connectivity index (χ1) is 16.8. The van der Waals surface area contributed by atoms with Crippen molar-refractivity contribution < 1.29 is 28.2 Å². The fourth-order valence-corrected chi connectivity index (χ4v) is 3.68. The second kappa shape index (κ2) is 10.2. The van der Waals surface area contributed by atoms with E-state index in [1.807, 2.05) is 0 Å². The molecule has 3 aromatic carbocycles. The summed E-state index contributed by atoms with van der Waals surface area (Å²) < 4.78 is 25.4. The number of nitrogens with zero attached hydrogens (tertiary/aromatic N) is 1. The van der Waals surface area contributed by atoms with Crippen LogP contribution < -0.4 is 19.7 Å². The number of urea groups is 1. The third kappa shape index (κ3) is 5.13. The van der Waals surface area contributed by atoms with Crippen LogP contribution in [0.1, 0.15) is 11.1 Å². The Bertz CT molecular complexity index is 1380. The summed E-state index contributed by atoms with van der Waals surface area (Å²) in [5.41, 5.74) is 0.594. The van der Waals surface area contributed by atoms with E-state index in [2.05, 4.69) is 5.32 Å². The molecule has 1 heterocycles. The molecule has 1 saturated heterocycles. The molecule has 1 aliphatic rings. The molecule has 0 spiro atoms. The molecule has 35 heavy (non-hydrogen) atoms. The number of hydrogen-bond acceptors (Lipinski definition) is 5. The molecular formula is C25H17Cl2FN2O5. The van der Waals surface area contributed by atoms with Crippen LogP contribution >= 0.6 is 23.2 Å². The molecule has 0 saturated carbocycles. The van der Waals surface area contributed by atoms with Crippen LogP contribution in [0, 0.1) is 5.82 Å². The van der Waals surface area contributed by atoms with Gasteiger partial charge in [0.05, 0.1) is 22.8 Å². The first-order valence-corrected chi connectivity index (χ1v) is 10.9. The summed E-state index contributed by atoms with van der Waals surface area (Å²) in [4.78, 5) is 38.2. The third-order valence-corrected chi connectivity index (χ3v) is 5.81. The van der Waals surface area contributed by atoms with E-state index >= 15 is 0 Å². The SMILES string of the molecule is COc1cc(/C=C2/C(=O)NC(=O)N(c3ccccc3F)C2=O)ccc1OCc1ccc(Cl)c(Cl)c1. The van der Waals surface area contributed by atoms with E-state index in [1.165, 1.54) is 31.4 Å². The van der Waals surface area contributed by atoms with Gasteiger partial charge in [-0.1, -0.05) is 47.5 Å². The number of ether oxygens (including phenoxy) is 2. The average Bonchev–Trinajstić information content (AvgIpc) is 2.84. The van der Waals surface area contributed by atoms with Crippen molar-refractivity contribution in [1.82, 2.24) is 5.32 Å². The average molecular weight is 515 g/mol. The first-order valence-electron chi connectivity index (χ1n) is 10.2. The fraction of sp³-hybridized carbons (Fsp3) is 0.0800. The minimum absolute atomic E-state index is 0.189. The highest BCUT2D eigenvalue weighted by atomic mass is 35.5. The first kappa shape index (κ1) is 24.3. The lowest BCUT2D eigenvalue weighted by Gasteiger charge is -2.26. The van der Waals surface area contributed by atoms with Gasteiger partial charge in [0, 0.05) is 0 Å². The predicted octanol–water partition coefficient (Wildman–Crippen LogP) is 5.39. The van der Waals surface area contributed by atoms with E-state index in [-0.39, 0.29) is 17.9 Å². The standard InChI is InChI=1S/C25H17Cl2FN2O5/c1-34-22-12-14(7-9-21(22)35-13-15-6-8-17(26)18(27)11-15)10-16-23(31)29-25(33)30(24(16)32)20-5-3-2-4-19(20)28/h2-12H,13H2,1H3,(H,29,31,33)/b16-10-. The Hall–Kier alpha value is -3.88. The van der Waals surface area contributed by atoms with Gasteiger partial charge < -0.3 is 9.47 Å². The number of carbonyl (C=O) groups is 3. The number of imide groups is 2.